The summed E-state index contributed by atoms with van der Waals surface area (Å²) >= 11 is 0. The van der Waals surface area contributed by atoms with E-state index in [1.54, 1.807) is 0 Å². The molecule has 0 radical (unpaired) electrons. The number of benzene rings is 2. The standard InChI is InChI=1S/C22H19F4N3O2/c1-22(2,31)8-7-13-9-14(23)11-15(10-13)29(12-18(25)26)20-19-16(24)5-4-6-17(19)28(3)21(30)27-20/h4-6,9-11,18,31H,12H2,1-3H3/i3D3. The number of aromatic nitrogens is 2. The van der Waals surface area contributed by atoms with E-state index in [9.17, 15) is 27.5 Å². The normalized spacial score (nSPS) is 13.4. The second-order valence-electron chi connectivity index (χ2n) is 7.20. The summed E-state index contributed by atoms with van der Waals surface area (Å²) in [4.78, 5) is 16.9. The van der Waals surface area contributed by atoms with Crippen LogP contribution in [0, 0.1) is 23.5 Å². The minimum Gasteiger partial charge on any atom is -0.378 e. The molecule has 3 rings (SSSR count). The van der Waals surface area contributed by atoms with Crippen molar-refractivity contribution in [3.8, 4) is 11.8 Å². The molecule has 5 nitrogen and oxygen atoms in total. The zero-order valence-electron chi connectivity index (χ0n) is 19.5. The van der Waals surface area contributed by atoms with Gasteiger partial charge in [-0.1, -0.05) is 17.9 Å². The van der Waals surface area contributed by atoms with Gasteiger partial charge in [0.15, 0.2) is 5.82 Å². The molecule has 0 unspecified atom stereocenters. The maximum Gasteiger partial charge on any atom is 0.349 e. The van der Waals surface area contributed by atoms with Gasteiger partial charge in [0.1, 0.15) is 17.2 Å². The first-order valence-electron chi connectivity index (χ1n) is 10.5. The van der Waals surface area contributed by atoms with E-state index in [-0.39, 0.29) is 15.8 Å². The molecule has 0 aliphatic rings. The lowest BCUT2D eigenvalue weighted by Gasteiger charge is -2.25. The molecule has 0 aliphatic carbocycles. The molecule has 1 aromatic heterocycles. The van der Waals surface area contributed by atoms with Crippen molar-refractivity contribution in [1.29, 1.82) is 0 Å². The lowest BCUT2D eigenvalue weighted by molar-refractivity contribution is 0.143. The molecule has 0 fully saturated rings. The number of anilines is 2. The lowest BCUT2D eigenvalue weighted by Crippen LogP contribution is -2.30. The van der Waals surface area contributed by atoms with Crippen molar-refractivity contribution in [3.63, 3.8) is 0 Å². The fraction of sp³-hybridized carbons (Fsp3) is 0.273. The number of alkyl halides is 2. The second-order valence-corrected chi connectivity index (χ2v) is 7.20. The van der Waals surface area contributed by atoms with E-state index in [4.69, 9.17) is 4.11 Å². The highest BCUT2D eigenvalue weighted by Gasteiger charge is 2.23. The smallest absolute Gasteiger partial charge is 0.349 e. The third-order valence-electron chi connectivity index (χ3n) is 4.13. The van der Waals surface area contributed by atoms with Crippen LogP contribution in [0.5, 0.6) is 0 Å². The topological polar surface area (TPSA) is 58.4 Å². The van der Waals surface area contributed by atoms with Crippen LogP contribution >= 0.6 is 0 Å². The van der Waals surface area contributed by atoms with E-state index >= 15 is 0 Å². The Kier molecular flexibility index (Phi) is 4.98. The lowest BCUT2D eigenvalue weighted by atomic mass is 10.1. The van der Waals surface area contributed by atoms with Crippen molar-refractivity contribution in [3.05, 3.63) is 64.1 Å². The maximum atomic E-state index is 14.9. The Labute approximate surface area is 179 Å². The summed E-state index contributed by atoms with van der Waals surface area (Å²) in [7, 11) is 0. The molecule has 0 atom stereocenters. The predicted octanol–water partition coefficient (Wildman–Crippen LogP) is 3.74. The first-order chi connectivity index (χ1) is 15.7. The van der Waals surface area contributed by atoms with Gasteiger partial charge in [0, 0.05) is 22.3 Å². The van der Waals surface area contributed by atoms with Crippen LogP contribution in [0.25, 0.3) is 10.9 Å². The van der Waals surface area contributed by atoms with E-state index < -0.39 is 59.6 Å². The number of hydrogen-bond donors (Lipinski definition) is 1. The monoisotopic (exact) mass is 436 g/mol. The number of aryl methyl sites for hydroxylation is 1. The van der Waals surface area contributed by atoms with Crippen LogP contribution in [0.1, 0.15) is 23.5 Å². The molecule has 0 bridgehead atoms. The van der Waals surface area contributed by atoms with Gasteiger partial charge in [-0.15, -0.1) is 0 Å². The summed E-state index contributed by atoms with van der Waals surface area (Å²) in [5, 5.41) is 9.28. The highest BCUT2D eigenvalue weighted by Crippen LogP contribution is 2.32. The molecular formula is C22H19F4N3O2. The van der Waals surface area contributed by atoms with Gasteiger partial charge in [-0.2, -0.15) is 4.98 Å². The molecule has 2 aromatic carbocycles. The Balaban J connectivity index is 2.35. The summed E-state index contributed by atoms with van der Waals surface area (Å²) in [6.45, 7) is -1.36. The molecule has 9 heteroatoms. The molecular weight excluding hydrogens is 414 g/mol. The molecule has 1 heterocycles. The molecule has 0 saturated carbocycles. The molecule has 0 spiro atoms. The summed E-state index contributed by atoms with van der Waals surface area (Å²) in [6, 6.07) is 6.32. The Morgan fingerprint density at radius 3 is 2.68 bits per heavy atom. The number of nitrogens with zero attached hydrogens (tertiary/aromatic N) is 3. The van der Waals surface area contributed by atoms with Gasteiger partial charge in [0.2, 0.25) is 0 Å². The van der Waals surface area contributed by atoms with Crippen molar-refractivity contribution in [2.75, 3.05) is 11.4 Å². The van der Waals surface area contributed by atoms with Crippen LogP contribution in [-0.4, -0.2) is 33.2 Å². The quantitative estimate of drug-likeness (QED) is 0.500. The third kappa shape index (κ3) is 5.03. The van der Waals surface area contributed by atoms with Gasteiger partial charge in [-0.05, 0) is 44.2 Å². The molecule has 31 heavy (non-hydrogen) atoms. The number of aliphatic hydroxyl groups is 1. The van der Waals surface area contributed by atoms with Crippen LogP contribution in [0.4, 0.5) is 29.1 Å². The van der Waals surface area contributed by atoms with E-state index in [2.05, 4.69) is 16.8 Å². The predicted molar refractivity (Wildman–Crippen MR) is 110 cm³/mol. The Morgan fingerprint density at radius 2 is 2.03 bits per heavy atom. The molecule has 3 aromatic rings. The van der Waals surface area contributed by atoms with Gasteiger partial charge in [-0.3, -0.25) is 4.57 Å². The number of hydrogen-bond acceptors (Lipinski definition) is 4. The SMILES string of the molecule is [2H]C([2H])([2H])n1c(=O)nc(N(CC(F)F)c2cc(F)cc(C#CC(C)(C)O)c2)c2c(F)cccc21. The molecule has 1 N–H and O–H groups in total. The third-order valence-corrected chi connectivity index (χ3v) is 4.13. The van der Waals surface area contributed by atoms with Crippen molar-refractivity contribution in [2.24, 2.45) is 6.98 Å². The average molecular weight is 436 g/mol. The number of fused-ring (bicyclic) bond motifs is 1. The molecule has 0 amide bonds. The average Bonchev–Trinajstić information content (AvgIpc) is 2.68. The Bertz CT molecular complexity index is 1360. The Hall–Kier alpha value is -3.38. The van der Waals surface area contributed by atoms with Gasteiger partial charge < -0.3 is 10.0 Å². The summed E-state index contributed by atoms with van der Waals surface area (Å²) in [5.74, 6) is 2.49. The summed E-state index contributed by atoms with van der Waals surface area (Å²) in [5.41, 5.74) is -3.37. The van der Waals surface area contributed by atoms with Crippen LogP contribution in [0.15, 0.2) is 41.2 Å². The van der Waals surface area contributed by atoms with E-state index in [0.717, 1.165) is 35.2 Å². The number of rotatable bonds is 4. The zero-order chi connectivity index (χ0) is 25.4. The van der Waals surface area contributed by atoms with Crippen molar-refractivity contribution in [1.82, 2.24) is 9.55 Å². The van der Waals surface area contributed by atoms with Gasteiger partial charge in [0.25, 0.3) is 6.43 Å². The van der Waals surface area contributed by atoms with Crippen LogP contribution in [0.2, 0.25) is 0 Å². The highest BCUT2D eigenvalue weighted by atomic mass is 19.3. The van der Waals surface area contributed by atoms with Gasteiger partial charge >= 0.3 is 5.69 Å². The number of halogens is 4. The van der Waals surface area contributed by atoms with Crippen molar-refractivity contribution < 1.29 is 26.8 Å². The largest absolute Gasteiger partial charge is 0.378 e. The highest BCUT2D eigenvalue weighted by molar-refractivity contribution is 5.92. The van der Waals surface area contributed by atoms with Crippen molar-refractivity contribution >= 4 is 22.4 Å². The summed E-state index contributed by atoms with van der Waals surface area (Å²) in [6.07, 6.45) is -3.03. The summed E-state index contributed by atoms with van der Waals surface area (Å²) < 4.78 is 79.4. The fourth-order valence-corrected chi connectivity index (χ4v) is 2.89. The van der Waals surface area contributed by atoms with Crippen molar-refractivity contribution in [2.45, 2.75) is 25.9 Å². The molecule has 0 aliphatic heterocycles. The van der Waals surface area contributed by atoms with Crippen LogP contribution in [0.3, 0.4) is 0 Å². The van der Waals surface area contributed by atoms with Gasteiger partial charge in [-0.25, -0.2) is 22.4 Å². The van der Waals surface area contributed by atoms with E-state index in [1.165, 1.54) is 19.9 Å². The minimum atomic E-state index is -3.03. The van der Waals surface area contributed by atoms with E-state index in [1.807, 2.05) is 0 Å². The fourth-order valence-electron chi connectivity index (χ4n) is 2.89. The van der Waals surface area contributed by atoms with Crippen LogP contribution < -0.4 is 10.6 Å². The zero-order valence-corrected chi connectivity index (χ0v) is 16.5. The van der Waals surface area contributed by atoms with E-state index in [0.29, 0.717) is 0 Å². The maximum absolute atomic E-state index is 14.9. The van der Waals surface area contributed by atoms with Crippen LogP contribution in [-0.2, 0) is 6.98 Å². The molecule has 0 saturated heterocycles. The minimum absolute atomic E-state index is 0.0111. The first kappa shape index (κ1) is 18.4. The first-order valence-corrected chi connectivity index (χ1v) is 9.01. The second kappa shape index (κ2) is 8.40. The Morgan fingerprint density at radius 1 is 1.29 bits per heavy atom. The van der Waals surface area contributed by atoms with Gasteiger partial charge in [0.05, 0.1) is 17.4 Å². The molecule has 162 valence electrons.